The van der Waals surface area contributed by atoms with Crippen molar-refractivity contribution in [3.8, 4) is 5.75 Å². The van der Waals surface area contributed by atoms with E-state index in [9.17, 15) is 18.0 Å². The van der Waals surface area contributed by atoms with Gasteiger partial charge < -0.3 is 14.7 Å². The van der Waals surface area contributed by atoms with E-state index in [2.05, 4.69) is 0 Å². The highest BCUT2D eigenvalue weighted by molar-refractivity contribution is 5.72. The zero-order chi connectivity index (χ0) is 16.5. The standard InChI is InChI=1S/C15H18F3NO3/c1-3-19(4-2)10-6-5-9-7-11(14(20)21)13(15(16,17)18)22-12(9)8-10/h5-6,8,11,13H,3-4,7H2,1-2H3,(H,20,21)/t11-,13+/m0/s1. The first-order chi connectivity index (χ1) is 10.3. The Hall–Kier alpha value is -1.92. The number of carboxylic acids is 1. The van der Waals surface area contributed by atoms with Crippen LogP contribution in [0.2, 0.25) is 0 Å². The lowest BCUT2D eigenvalue weighted by Gasteiger charge is -2.33. The summed E-state index contributed by atoms with van der Waals surface area (Å²) >= 11 is 0. The normalized spacial score (nSPS) is 21.0. The molecule has 1 aliphatic heterocycles. The first kappa shape index (κ1) is 16.5. The predicted octanol–water partition coefficient (Wildman–Crippen LogP) is 3.10. The number of alkyl halides is 3. The van der Waals surface area contributed by atoms with Gasteiger partial charge in [-0.25, -0.2) is 0 Å². The molecule has 7 heteroatoms. The molecule has 2 rings (SSSR count). The van der Waals surface area contributed by atoms with E-state index in [1.54, 1.807) is 18.2 Å². The molecule has 22 heavy (non-hydrogen) atoms. The highest BCUT2D eigenvalue weighted by Gasteiger charge is 2.52. The van der Waals surface area contributed by atoms with Gasteiger partial charge in [0.05, 0.1) is 0 Å². The van der Waals surface area contributed by atoms with Gasteiger partial charge in [0.2, 0.25) is 6.10 Å². The van der Waals surface area contributed by atoms with Crippen molar-refractivity contribution in [2.45, 2.75) is 32.5 Å². The smallest absolute Gasteiger partial charge is 0.426 e. The Morgan fingerprint density at radius 3 is 2.50 bits per heavy atom. The summed E-state index contributed by atoms with van der Waals surface area (Å²) in [6.45, 7) is 5.33. The maximum absolute atomic E-state index is 13.0. The second-order valence-electron chi connectivity index (χ2n) is 5.19. The predicted molar refractivity (Wildman–Crippen MR) is 75.3 cm³/mol. The molecule has 2 atom stereocenters. The molecule has 0 saturated heterocycles. The number of hydrogen-bond acceptors (Lipinski definition) is 3. The largest absolute Gasteiger partial charge is 0.481 e. The fraction of sp³-hybridized carbons (Fsp3) is 0.533. The summed E-state index contributed by atoms with van der Waals surface area (Å²) < 4.78 is 44.1. The molecule has 1 heterocycles. The molecule has 0 spiro atoms. The number of nitrogens with zero attached hydrogens (tertiary/aromatic N) is 1. The molecule has 1 aromatic carbocycles. The monoisotopic (exact) mass is 317 g/mol. The fourth-order valence-electron chi connectivity index (χ4n) is 2.68. The number of carboxylic acid groups (broad SMARTS) is 1. The van der Waals surface area contributed by atoms with Crippen LogP contribution >= 0.6 is 0 Å². The van der Waals surface area contributed by atoms with Gasteiger partial charge in [-0.05, 0) is 31.9 Å². The lowest BCUT2D eigenvalue weighted by molar-refractivity contribution is -0.217. The van der Waals surface area contributed by atoms with Gasteiger partial charge in [0.25, 0.3) is 0 Å². The zero-order valence-corrected chi connectivity index (χ0v) is 12.4. The highest BCUT2D eigenvalue weighted by Crippen LogP contribution is 2.40. The van der Waals surface area contributed by atoms with Gasteiger partial charge in [0.1, 0.15) is 11.7 Å². The van der Waals surface area contributed by atoms with Crippen LogP contribution in [0.4, 0.5) is 18.9 Å². The van der Waals surface area contributed by atoms with Crippen molar-refractivity contribution in [3.63, 3.8) is 0 Å². The zero-order valence-electron chi connectivity index (χ0n) is 12.4. The third-order valence-electron chi connectivity index (χ3n) is 3.88. The molecule has 0 aromatic heterocycles. The maximum Gasteiger partial charge on any atom is 0.426 e. The lowest BCUT2D eigenvalue weighted by atomic mass is 9.90. The van der Waals surface area contributed by atoms with Gasteiger partial charge in [-0.15, -0.1) is 0 Å². The third kappa shape index (κ3) is 3.13. The minimum atomic E-state index is -4.72. The number of halogens is 3. The molecule has 0 fully saturated rings. The second kappa shape index (κ2) is 6.06. The molecule has 1 N–H and O–H groups in total. The average molecular weight is 317 g/mol. The SMILES string of the molecule is CCN(CC)c1ccc2c(c1)O[C@@H](C(F)(F)F)[C@@H](C(=O)O)C2. The van der Waals surface area contributed by atoms with Gasteiger partial charge in [-0.3, -0.25) is 4.79 Å². The first-order valence-corrected chi connectivity index (χ1v) is 7.12. The van der Waals surface area contributed by atoms with Crippen LogP contribution in [0.15, 0.2) is 18.2 Å². The van der Waals surface area contributed by atoms with Crippen molar-refractivity contribution in [3.05, 3.63) is 23.8 Å². The van der Waals surface area contributed by atoms with E-state index in [4.69, 9.17) is 9.84 Å². The van der Waals surface area contributed by atoms with Gasteiger partial charge in [0.15, 0.2) is 0 Å². The lowest BCUT2D eigenvalue weighted by Crippen LogP contribution is -2.47. The van der Waals surface area contributed by atoms with E-state index in [0.717, 1.165) is 18.8 Å². The summed E-state index contributed by atoms with van der Waals surface area (Å²) in [4.78, 5) is 13.1. The molecule has 0 unspecified atom stereocenters. The van der Waals surface area contributed by atoms with Crippen molar-refractivity contribution in [1.82, 2.24) is 0 Å². The average Bonchev–Trinajstić information content (AvgIpc) is 2.46. The third-order valence-corrected chi connectivity index (χ3v) is 3.88. The van der Waals surface area contributed by atoms with Crippen LogP contribution in [-0.4, -0.2) is 36.4 Å². The minimum Gasteiger partial charge on any atom is -0.481 e. The van der Waals surface area contributed by atoms with Gasteiger partial charge in [0, 0.05) is 24.8 Å². The van der Waals surface area contributed by atoms with Crippen molar-refractivity contribution in [2.24, 2.45) is 5.92 Å². The topological polar surface area (TPSA) is 49.8 Å². The molecule has 1 aliphatic rings. The van der Waals surface area contributed by atoms with E-state index in [1.165, 1.54) is 0 Å². The van der Waals surface area contributed by atoms with E-state index in [1.807, 2.05) is 18.7 Å². The Bertz CT molecular complexity index is 555. The second-order valence-corrected chi connectivity index (χ2v) is 5.19. The van der Waals surface area contributed by atoms with E-state index in [-0.39, 0.29) is 12.2 Å². The van der Waals surface area contributed by atoms with Crippen molar-refractivity contribution >= 4 is 11.7 Å². The van der Waals surface area contributed by atoms with Crippen LogP contribution in [0.3, 0.4) is 0 Å². The maximum atomic E-state index is 13.0. The molecule has 0 amide bonds. The van der Waals surface area contributed by atoms with Crippen LogP contribution in [0.1, 0.15) is 19.4 Å². The Morgan fingerprint density at radius 1 is 1.36 bits per heavy atom. The van der Waals surface area contributed by atoms with E-state index >= 15 is 0 Å². The number of aliphatic carboxylic acids is 1. The van der Waals surface area contributed by atoms with Gasteiger partial charge in [-0.2, -0.15) is 13.2 Å². The van der Waals surface area contributed by atoms with E-state index < -0.39 is 24.2 Å². The Morgan fingerprint density at radius 2 is 2.00 bits per heavy atom. The van der Waals surface area contributed by atoms with Crippen LogP contribution in [0.25, 0.3) is 0 Å². The van der Waals surface area contributed by atoms with Crippen LogP contribution in [-0.2, 0) is 11.2 Å². The van der Waals surface area contributed by atoms with Crippen LogP contribution < -0.4 is 9.64 Å². The molecule has 4 nitrogen and oxygen atoms in total. The molecule has 0 bridgehead atoms. The molecular formula is C15H18F3NO3. The highest BCUT2D eigenvalue weighted by atomic mass is 19.4. The van der Waals surface area contributed by atoms with E-state index in [0.29, 0.717) is 5.56 Å². The number of anilines is 1. The number of rotatable bonds is 4. The Balaban J connectivity index is 2.38. The molecule has 1 aromatic rings. The number of fused-ring (bicyclic) bond motifs is 1. The Kier molecular flexibility index (Phi) is 4.53. The molecule has 0 saturated carbocycles. The van der Waals surface area contributed by atoms with Crippen LogP contribution in [0, 0.1) is 5.92 Å². The van der Waals surface area contributed by atoms with Gasteiger partial charge in [-0.1, -0.05) is 6.07 Å². The van der Waals surface area contributed by atoms with Gasteiger partial charge >= 0.3 is 12.1 Å². The summed E-state index contributed by atoms with van der Waals surface area (Å²) in [6.07, 6.45) is -7.22. The number of ether oxygens (including phenoxy) is 1. The minimum absolute atomic E-state index is 0.115. The number of benzene rings is 1. The summed E-state index contributed by atoms with van der Waals surface area (Å²) in [5.41, 5.74) is 1.25. The summed E-state index contributed by atoms with van der Waals surface area (Å²) in [5, 5.41) is 9.03. The fourth-order valence-corrected chi connectivity index (χ4v) is 2.68. The molecular weight excluding hydrogens is 299 g/mol. The number of carbonyl (C=O) groups is 1. The molecule has 0 aliphatic carbocycles. The molecule has 122 valence electrons. The number of hydrogen-bond donors (Lipinski definition) is 1. The Labute approximate surface area is 126 Å². The summed E-state index contributed by atoms with van der Waals surface area (Å²) in [7, 11) is 0. The van der Waals surface area contributed by atoms with Crippen molar-refractivity contribution in [2.75, 3.05) is 18.0 Å². The molecule has 0 radical (unpaired) electrons. The van der Waals surface area contributed by atoms with Crippen molar-refractivity contribution < 1.29 is 27.8 Å². The first-order valence-electron chi connectivity index (χ1n) is 7.12. The van der Waals surface area contributed by atoms with Crippen LogP contribution in [0.5, 0.6) is 5.75 Å². The quantitative estimate of drug-likeness (QED) is 0.927. The summed E-state index contributed by atoms with van der Waals surface area (Å²) in [6, 6.07) is 4.98. The van der Waals surface area contributed by atoms with Crippen molar-refractivity contribution in [1.29, 1.82) is 0 Å². The summed E-state index contributed by atoms with van der Waals surface area (Å²) in [5.74, 6) is -3.00.